The van der Waals surface area contributed by atoms with E-state index in [4.69, 9.17) is 10.7 Å². The van der Waals surface area contributed by atoms with Crippen LogP contribution < -0.4 is 36.8 Å². The van der Waals surface area contributed by atoms with Crippen LogP contribution in [0.1, 0.15) is 108 Å². The van der Waals surface area contributed by atoms with E-state index >= 15 is 0 Å². The minimum Gasteiger partial charge on any atom is -0.390 e. The Morgan fingerprint density at radius 1 is 0.868 bits per heavy atom. The van der Waals surface area contributed by atoms with E-state index in [0.29, 0.717) is 59.9 Å². The molecule has 3 saturated heterocycles. The molecule has 360 valence electrons. The molecule has 5 amide bonds. The van der Waals surface area contributed by atoms with E-state index in [1.54, 1.807) is 25.4 Å². The van der Waals surface area contributed by atoms with E-state index < -0.39 is 11.9 Å². The molecular formula is C51H66N12O5. The van der Waals surface area contributed by atoms with Crippen molar-refractivity contribution >= 4 is 58.7 Å². The summed E-state index contributed by atoms with van der Waals surface area (Å²) in [6.45, 7) is 11.0. The van der Waals surface area contributed by atoms with Gasteiger partial charge in [-0.1, -0.05) is 31.3 Å². The molecule has 5 heterocycles. The third-order valence-corrected chi connectivity index (χ3v) is 14.1. The number of nitrogens with one attached hydrogen (secondary N) is 4. The second kappa shape index (κ2) is 22.4. The van der Waals surface area contributed by atoms with Crippen LogP contribution in [0.4, 0.5) is 33.5 Å². The first-order chi connectivity index (χ1) is 33.1. The first kappa shape index (κ1) is 47.8. The van der Waals surface area contributed by atoms with Gasteiger partial charge in [0.2, 0.25) is 0 Å². The molecule has 5 aliphatic rings. The van der Waals surface area contributed by atoms with Crippen LogP contribution >= 0.6 is 0 Å². The molecular weight excluding hydrogens is 861 g/mol. The van der Waals surface area contributed by atoms with Crippen LogP contribution in [0.15, 0.2) is 60.9 Å². The number of urea groups is 1. The van der Waals surface area contributed by atoms with Gasteiger partial charge >= 0.3 is 6.03 Å². The zero-order valence-corrected chi connectivity index (χ0v) is 39.3. The molecule has 17 nitrogen and oxygen atoms in total. The third kappa shape index (κ3) is 11.0. The van der Waals surface area contributed by atoms with Gasteiger partial charge in [-0.15, -0.1) is 0 Å². The van der Waals surface area contributed by atoms with Crippen molar-refractivity contribution in [2.75, 3.05) is 86.4 Å². The van der Waals surface area contributed by atoms with Gasteiger partial charge in [-0.2, -0.15) is 0 Å². The lowest BCUT2D eigenvalue weighted by atomic mass is 9.97. The highest BCUT2D eigenvalue weighted by molar-refractivity contribution is 6.22. The highest BCUT2D eigenvalue weighted by Crippen LogP contribution is 2.33. The zero-order chi connectivity index (χ0) is 47.6. The SMILES string of the molecule is C=C(NC)C(CCC=O)N1C(=O)c2ccc(NCCCCNCC#CC3CCN(c4ccc(Nc5nc(N6CCCC(N7CCN(C8CCCC8)C7=O)C6)cnc5C(N)=O)cc4)CC3)cc2C1=O. The summed E-state index contributed by atoms with van der Waals surface area (Å²) >= 11 is 0. The van der Waals surface area contributed by atoms with Gasteiger partial charge in [-0.3, -0.25) is 19.3 Å². The van der Waals surface area contributed by atoms with Gasteiger partial charge in [0, 0.05) is 94.0 Å². The van der Waals surface area contributed by atoms with Gasteiger partial charge < -0.3 is 51.4 Å². The number of carbonyl (C=O) groups is 5. The maximum atomic E-state index is 13.5. The number of amides is 5. The van der Waals surface area contributed by atoms with E-state index in [2.05, 4.69) is 76.4 Å². The number of likely N-dealkylation sites (N-methyl/N-ethyl adjacent to an activating group) is 1. The Morgan fingerprint density at radius 3 is 2.31 bits per heavy atom. The predicted molar refractivity (Wildman–Crippen MR) is 264 cm³/mol. The lowest BCUT2D eigenvalue weighted by Crippen LogP contribution is -2.50. The summed E-state index contributed by atoms with van der Waals surface area (Å²) in [4.78, 5) is 82.6. The van der Waals surface area contributed by atoms with Crippen LogP contribution in [-0.2, 0) is 4.79 Å². The fraction of sp³-hybridized carbons (Fsp3) is 0.510. The average Bonchev–Trinajstić information content (AvgIpc) is 4.09. The van der Waals surface area contributed by atoms with Crippen molar-refractivity contribution in [3.05, 3.63) is 77.8 Å². The Morgan fingerprint density at radius 2 is 1.57 bits per heavy atom. The van der Waals surface area contributed by atoms with Crippen molar-refractivity contribution < 1.29 is 24.0 Å². The number of hydrogen-bond donors (Lipinski definition) is 5. The van der Waals surface area contributed by atoms with Crippen LogP contribution in [-0.4, -0.2) is 139 Å². The number of hydrogen-bond acceptors (Lipinski definition) is 13. The maximum absolute atomic E-state index is 13.5. The minimum atomic E-state index is -0.654. The lowest BCUT2D eigenvalue weighted by molar-refractivity contribution is -0.108. The van der Waals surface area contributed by atoms with Crippen LogP contribution in [0, 0.1) is 17.8 Å². The molecule has 3 aromatic rings. The van der Waals surface area contributed by atoms with E-state index in [0.717, 1.165) is 121 Å². The summed E-state index contributed by atoms with van der Waals surface area (Å²) in [5, 5.41) is 13.0. The number of aromatic nitrogens is 2. The number of aldehydes is 1. The summed E-state index contributed by atoms with van der Waals surface area (Å²) in [7, 11) is 1.68. The second-order valence-electron chi connectivity index (χ2n) is 18.5. The molecule has 2 aromatic carbocycles. The summed E-state index contributed by atoms with van der Waals surface area (Å²) in [6, 6.07) is 13.4. The van der Waals surface area contributed by atoms with Crippen molar-refractivity contribution in [3.8, 4) is 11.8 Å². The smallest absolute Gasteiger partial charge is 0.320 e. The largest absolute Gasteiger partial charge is 0.390 e. The molecule has 1 aliphatic carbocycles. The van der Waals surface area contributed by atoms with E-state index in [1.807, 2.05) is 18.2 Å². The van der Waals surface area contributed by atoms with Crippen molar-refractivity contribution in [2.45, 2.75) is 95.2 Å². The number of fused-ring (bicyclic) bond motifs is 1. The van der Waals surface area contributed by atoms with Gasteiger partial charge in [0.1, 0.15) is 12.1 Å². The first-order valence-corrected chi connectivity index (χ1v) is 24.5. The number of unbranched alkanes of at least 4 members (excludes halogenated alkanes) is 1. The molecule has 4 fully saturated rings. The minimum absolute atomic E-state index is 0.0802. The number of nitrogens with zero attached hydrogens (tertiary/aromatic N) is 7. The number of primary amides is 1. The highest BCUT2D eigenvalue weighted by Gasteiger charge is 2.42. The van der Waals surface area contributed by atoms with E-state index in [-0.39, 0.29) is 36.0 Å². The van der Waals surface area contributed by atoms with Crippen molar-refractivity contribution in [1.82, 2.24) is 35.3 Å². The molecule has 8 rings (SSSR count). The van der Waals surface area contributed by atoms with Crippen molar-refractivity contribution in [1.29, 1.82) is 0 Å². The van der Waals surface area contributed by atoms with Gasteiger partial charge in [0.15, 0.2) is 11.5 Å². The Hall–Kier alpha value is -6.67. The monoisotopic (exact) mass is 927 g/mol. The van der Waals surface area contributed by atoms with Crippen molar-refractivity contribution in [2.24, 2.45) is 11.7 Å². The van der Waals surface area contributed by atoms with Crippen LogP contribution in [0.3, 0.4) is 0 Å². The number of anilines is 5. The average molecular weight is 927 g/mol. The molecule has 2 unspecified atom stereocenters. The molecule has 2 atom stereocenters. The van der Waals surface area contributed by atoms with Gasteiger partial charge in [-0.05, 0) is 107 Å². The molecule has 4 aliphatic heterocycles. The second-order valence-corrected chi connectivity index (χ2v) is 18.5. The highest BCUT2D eigenvalue weighted by atomic mass is 16.2. The maximum Gasteiger partial charge on any atom is 0.320 e. The summed E-state index contributed by atoms with van der Waals surface area (Å²) in [5.41, 5.74) is 9.74. The molecule has 0 radical (unpaired) electrons. The van der Waals surface area contributed by atoms with Crippen LogP contribution in [0.2, 0.25) is 0 Å². The number of rotatable bonds is 20. The normalized spacial score (nSPS) is 19.2. The number of benzene rings is 2. The third-order valence-electron chi connectivity index (χ3n) is 14.1. The molecule has 1 aromatic heterocycles. The van der Waals surface area contributed by atoms with E-state index in [9.17, 15) is 24.0 Å². The molecule has 1 saturated carbocycles. The Bertz CT molecular complexity index is 2390. The topological polar surface area (TPSA) is 201 Å². The fourth-order valence-electron chi connectivity index (χ4n) is 10.3. The quantitative estimate of drug-likeness (QED) is 0.0421. The van der Waals surface area contributed by atoms with Crippen LogP contribution in [0.5, 0.6) is 0 Å². The van der Waals surface area contributed by atoms with Crippen molar-refractivity contribution in [3.63, 3.8) is 0 Å². The fourth-order valence-corrected chi connectivity index (χ4v) is 10.3. The molecule has 6 N–H and O–H groups in total. The molecule has 0 bridgehead atoms. The molecule has 68 heavy (non-hydrogen) atoms. The lowest BCUT2D eigenvalue weighted by Gasteiger charge is -2.38. The zero-order valence-electron chi connectivity index (χ0n) is 39.3. The van der Waals surface area contributed by atoms with E-state index in [1.165, 1.54) is 17.7 Å². The number of nitrogens with two attached hydrogens (primary N) is 1. The van der Waals surface area contributed by atoms with Gasteiger partial charge in [-0.25, -0.2) is 14.8 Å². The molecule has 17 heteroatoms. The van der Waals surface area contributed by atoms with Gasteiger partial charge in [0.05, 0.1) is 36.0 Å². The Kier molecular flexibility index (Phi) is 15.8. The predicted octanol–water partition coefficient (Wildman–Crippen LogP) is 5.35. The number of imide groups is 1. The Balaban J connectivity index is 0.740. The molecule has 0 spiro atoms. The number of piperidine rings is 2. The first-order valence-electron chi connectivity index (χ1n) is 24.5. The Labute approximate surface area is 399 Å². The standard InChI is InChI=1S/C51H66N12O5/c1-35(53-2)44(14-9-31-64)63-49(66)42-20-17-38(32-43(42)50(63)67)55-25-6-5-23-54-24-7-10-36-21-27-59(28-22-36)39-18-15-37(16-19-39)57-48-46(47(52)65)56-33-45(58-48)60-26-8-13-41(34-60)62-30-29-61(51(62)68)40-11-3-4-12-40/h15-20,31-33,36,40-41,44,53-55H,1,3-6,8-9,11-14,21-30,34H2,2H3,(H2,52,65)(H,57,58). The van der Waals surface area contributed by atoms with Crippen LogP contribution in [0.25, 0.3) is 0 Å². The summed E-state index contributed by atoms with van der Waals surface area (Å²) in [5.74, 6) is 6.72. The summed E-state index contributed by atoms with van der Waals surface area (Å²) < 4.78 is 0. The summed E-state index contributed by atoms with van der Waals surface area (Å²) in [6.07, 6.45) is 13.3. The number of carbonyl (C=O) groups excluding carboxylic acids is 5. The van der Waals surface area contributed by atoms with Gasteiger partial charge in [0.25, 0.3) is 17.7 Å².